The van der Waals surface area contributed by atoms with Crippen LogP contribution >= 0.6 is 0 Å². The van der Waals surface area contributed by atoms with E-state index in [1.165, 1.54) is 5.57 Å². The zero-order valence-electron chi connectivity index (χ0n) is 10.4. The molecule has 0 aliphatic heterocycles. The van der Waals surface area contributed by atoms with Gasteiger partial charge >= 0.3 is 0 Å². The van der Waals surface area contributed by atoms with Gasteiger partial charge < -0.3 is 9.69 Å². The lowest BCUT2D eigenvalue weighted by atomic mass is 10.2. The van der Waals surface area contributed by atoms with Gasteiger partial charge in [-0.05, 0) is 27.4 Å². The molecule has 0 N–H and O–H groups in total. The van der Waals surface area contributed by atoms with Gasteiger partial charge in [0.05, 0.1) is 0 Å². The first-order valence-corrected chi connectivity index (χ1v) is 5.09. The number of hydrogen-bond donors (Lipinski definition) is 0. The molecular weight excluding hydrogens is 186 g/mol. The standard InChI is InChI=1S/C12H21N.CH2O/c1-5-6-7-8-9-10-12(2)11-13(3)4;1-2/h6-10H,5,11H2,1-4H3;1H2/b7-6+,9-8-,12-10+;. The smallest absolute Gasteiger partial charge is 0.106 e. The molecule has 0 amide bonds. The Morgan fingerprint density at radius 2 is 1.80 bits per heavy atom. The van der Waals surface area contributed by atoms with Gasteiger partial charge in [0, 0.05) is 6.54 Å². The van der Waals surface area contributed by atoms with Gasteiger partial charge in [-0.2, -0.15) is 0 Å². The highest BCUT2D eigenvalue weighted by Crippen LogP contribution is 1.94. The molecule has 0 atom stereocenters. The van der Waals surface area contributed by atoms with Crippen molar-refractivity contribution in [2.24, 2.45) is 0 Å². The second kappa shape index (κ2) is 12.8. The number of nitrogens with zero attached hydrogens (tertiary/aromatic N) is 1. The van der Waals surface area contributed by atoms with Gasteiger partial charge in [-0.3, -0.25) is 0 Å². The average Bonchev–Trinajstić information content (AvgIpc) is 2.19. The molecule has 2 nitrogen and oxygen atoms in total. The highest BCUT2D eigenvalue weighted by Gasteiger charge is 1.88. The summed E-state index contributed by atoms with van der Waals surface area (Å²) in [7, 11) is 4.16. The fourth-order valence-corrected chi connectivity index (χ4v) is 1.05. The van der Waals surface area contributed by atoms with Crippen molar-refractivity contribution >= 4 is 6.79 Å². The topological polar surface area (TPSA) is 20.3 Å². The third-order valence-electron chi connectivity index (χ3n) is 1.54. The second-order valence-corrected chi connectivity index (χ2v) is 3.47. The normalized spacial score (nSPS) is 12.2. The summed E-state index contributed by atoms with van der Waals surface area (Å²) >= 11 is 0. The Morgan fingerprint density at radius 3 is 2.27 bits per heavy atom. The Morgan fingerprint density at radius 1 is 1.20 bits per heavy atom. The van der Waals surface area contributed by atoms with Crippen LogP contribution in [0.4, 0.5) is 0 Å². The molecule has 0 saturated heterocycles. The first-order chi connectivity index (χ1) is 7.16. The van der Waals surface area contributed by atoms with E-state index >= 15 is 0 Å². The van der Waals surface area contributed by atoms with Crippen LogP contribution in [-0.2, 0) is 4.79 Å². The van der Waals surface area contributed by atoms with Gasteiger partial charge in [-0.1, -0.05) is 42.9 Å². The Hall–Kier alpha value is -1.15. The molecule has 0 aliphatic rings. The van der Waals surface area contributed by atoms with E-state index in [0.29, 0.717) is 0 Å². The van der Waals surface area contributed by atoms with E-state index in [9.17, 15) is 0 Å². The number of allylic oxidation sites excluding steroid dienone is 5. The summed E-state index contributed by atoms with van der Waals surface area (Å²) in [5.74, 6) is 0. The monoisotopic (exact) mass is 209 g/mol. The molecule has 0 saturated carbocycles. The molecule has 0 radical (unpaired) electrons. The van der Waals surface area contributed by atoms with Crippen molar-refractivity contribution in [1.82, 2.24) is 4.90 Å². The van der Waals surface area contributed by atoms with Crippen LogP contribution in [0.2, 0.25) is 0 Å². The van der Waals surface area contributed by atoms with E-state index in [2.05, 4.69) is 63.2 Å². The third kappa shape index (κ3) is 15.6. The fourth-order valence-electron chi connectivity index (χ4n) is 1.05. The van der Waals surface area contributed by atoms with Crippen molar-refractivity contribution in [2.75, 3.05) is 20.6 Å². The highest BCUT2D eigenvalue weighted by atomic mass is 16.1. The Bertz CT molecular complexity index is 215. The zero-order valence-corrected chi connectivity index (χ0v) is 10.4. The van der Waals surface area contributed by atoms with Crippen LogP contribution in [0.5, 0.6) is 0 Å². The molecule has 0 aromatic rings. The predicted molar refractivity (Wildman–Crippen MR) is 68.0 cm³/mol. The lowest BCUT2D eigenvalue weighted by Crippen LogP contribution is -2.13. The van der Waals surface area contributed by atoms with Crippen molar-refractivity contribution in [3.05, 3.63) is 36.0 Å². The number of rotatable bonds is 5. The Labute approximate surface area is 94.0 Å². The molecule has 0 aliphatic carbocycles. The summed E-state index contributed by atoms with van der Waals surface area (Å²) in [6.45, 7) is 7.31. The molecule has 15 heavy (non-hydrogen) atoms. The molecule has 0 spiro atoms. The molecular formula is C13H23NO. The fraction of sp³-hybridized carbons (Fsp3) is 0.462. The summed E-state index contributed by atoms with van der Waals surface area (Å²) in [4.78, 5) is 10.2. The number of carbonyl (C=O) groups is 1. The van der Waals surface area contributed by atoms with Crippen LogP contribution in [0.3, 0.4) is 0 Å². The molecule has 0 aromatic heterocycles. The quantitative estimate of drug-likeness (QED) is 0.649. The van der Waals surface area contributed by atoms with Gasteiger partial charge in [0.1, 0.15) is 6.79 Å². The van der Waals surface area contributed by atoms with E-state index in [1.807, 2.05) is 6.79 Å². The number of hydrogen-bond acceptors (Lipinski definition) is 2. The van der Waals surface area contributed by atoms with Crippen LogP contribution in [0, 0.1) is 0 Å². The molecule has 0 unspecified atom stereocenters. The molecule has 0 fully saturated rings. The maximum atomic E-state index is 8.00. The molecule has 0 rings (SSSR count). The Balaban J connectivity index is 0. The average molecular weight is 209 g/mol. The first kappa shape index (κ1) is 16.3. The first-order valence-electron chi connectivity index (χ1n) is 5.09. The Kier molecular flexibility index (Phi) is 14.0. The predicted octanol–water partition coefficient (Wildman–Crippen LogP) is 2.83. The second-order valence-electron chi connectivity index (χ2n) is 3.47. The van der Waals surface area contributed by atoms with Gasteiger partial charge in [0.25, 0.3) is 0 Å². The van der Waals surface area contributed by atoms with Gasteiger partial charge in [-0.25, -0.2) is 0 Å². The molecule has 2 heteroatoms. The summed E-state index contributed by atoms with van der Waals surface area (Å²) in [6, 6.07) is 0. The number of likely N-dealkylation sites (N-methyl/N-ethyl adjacent to an activating group) is 1. The van der Waals surface area contributed by atoms with Crippen molar-refractivity contribution in [1.29, 1.82) is 0 Å². The lowest BCUT2D eigenvalue weighted by Gasteiger charge is -2.08. The van der Waals surface area contributed by atoms with E-state index in [1.54, 1.807) is 0 Å². The molecule has 86 valence electrons. The van der Waals surface area contributed by atoms with Crippen molar-refractivity contribution < 1.29 is 4.79 Å². The van der Waals surface area contributed by atoms with Crippen LogP contribution in [0.1, 0.15) is 20.3 Å². The lowest BCUT2D eigenvalue weighted by molar-refractivity contribution is -0.0979. The SMILES string of the molecule is C=O.CC/C=C/C=C\C=C(/C)CN(C)C. The minimum Gasteiger partial charge on any atom is -0.307 e. The third-order valence-corrected chi connectivity index (χ3v) is 1.54. The van der Waals surface area contributed by atoms with E-state index < -0.39 is 0 Å². The highest BCUT2D eigenvalue weighted by molar-refractivity contribution is 5.16. The summed E-state index contributed by atoms with van der Waals surface area (Å²) in [5, 5.41) is 0. The zero-order chi connectivity index (χ0) is 12.1. The van der Waals surface area contributed by atoms with Crippen LogP contribution in [0.25, 0.3) is 0 Å². The maximum absolute atomic E-state index is 8.00. The number of carbonyl (C=O) groups excluding carboxylic acids is 1. The van der Waals surface area contributed by atoms with Crippen molar-refractivity contribution in [2.45, 2.75) is 20.3 Å². The van der Waals surface area contributed by atoms with Gasteiger partial charge in [-0.15, -0.1) is 0 Å². The summed E-state index contributed by atoms with van der Waals surface area (Å²) in [5.41, 5.74) is 1.38. The summed E-state index contributed by atoms with van der Waals surface area (Å²) < 4.78 is 0. The van der Waals surface area contributed by atoms with Gasteiger partial charge in [0.2, 0.25) is 0 Å². The van der Waals surface area contributed by atoms with Crippen LogP contribution in [-0.4, -0.2) is 32.3 Å². The van der Waals surface area contributed by atoms with Gasteiger partial charge in [0.15, 0.2) is 0 Å². The molecule has 0 aromatic carbocycles. The van der Waals surface area contributed by atoms with Crippen LogP contribution < -0.4 is 0 Å². The van der Waals surface area contributed by atoms with Crippen molar-refractivity contribution in [3.63, 3.8) is 0 Å². The molecule has 0 heterocycles. The van der Waals surface area contributed by atoms with Crippen molar-refractivity contribution in [3.8, 4) is 0 Å². The minimum atomic E-state index is 1.03. The van der Waals surface area contributed by atoms with Crippen LogP contribution in [0.15, 0.2) is 36.0 Å². The largest absolute Gasteiger partial charge is 0.307 e. The summed E-state index contributed by atoms with van der Waals surface area (Å²) in [6.07, 6.45) is 11.6. The van der Waals surface area contributed by atoms with E-state index in [0.717, 1.165) is 13.0 Å². The van der Waals surface area contributed by atoms with E-state index in [4.69, 9.17) is 4.79 Å². The molecule has 0 bridgehead atoms. The minimum absolute atomic E-state index is 1.03. The van der Waals surface area contributed by atoms with E-state index in [-0.39, 0.29) is 0 Å². The maximum Gasteiger partial charge on any atom is 0.106 e.